The highest BCUT2D eigenvalue weighted by molar-refractivity contribution is 6.54. The number of carbonyl (C=O) groups is 3. The highest BCUT2D eigenvalue weighted by atomic mass is 35.5. The van der Waals surface area contributed by atoms with Crippen LogP contribution in [0, 0.1) is 0 Å². The third kappa shape index (κ3) is 4.24. The summed E-state index contributed by atoms with van der Waals surface area (Å²) in [6.07, 6.45) is -0.240. The lowest BCUT2D eigenvalue weighted by Crippen LogP contribution is -2.32. The Labute approximate surface area is 182 Å². The Morgan fingerprint density at radius 2 is 1.66 bits per heavy atom. The fourth-order valence-corrected chi connectivity index (χ4v) is 3.20. The predicted octanol–water partition coefficient (Wildman–Crippen LogP) is 4.99. The van der Waals surface area contributed by atoms with Crippen LogP contribution in [0.3, 0.4) is 0 Å². The summed E-state index contributed by atoms with van der Waals surface area (Å²) >= 11 is 18.2. The number of nitrogens with one attached hydrogen (secondary N) is 1. The van der Waals surface area contributed by atoms with Crippen molar-refractivity contribution in [3.8, 4) is 0 Å². The van der Waals surface area contributed by atoms with Gasteiger partial charge in [-0.25, -0.2) is 9.69 Å². The van der Waals surface area contributed by atoms with Gasteiger partial charge in [0.15, 0.2) is 0 Å². The minimum Gasteiger partial charge on any atom is -0.459 e. The van der Waals surface area contributed by atoms with Gasteiger partial charge in [-0.1, -0.05) is 40.9 Å². The summed E-state index contributed by atoms with van der Waals surface area (Å²) in [5, 5.41) is 2.80. The van der Waals surface area contributed by atoms with E-state index in [-0.39, 0.29) is 32.6 Å². The summed E-state index contributed by atoms with van der Waals surface area (Å²) in [7, 11) is 0. The number of imide groups is 1. The van der Waals surface area contributed by atoms with E-state index >= 15 is 0 Å². The van der Waals surface area contributed by atoms with Gasteiger partial charge in [0.25, 0.3) is 11.8 Å². The molecule has 2 amide bonds. The topological polar surface area (TPSA) is 75.7 Å². The Morgan fingerprint density at radius 3 is 2.28 bits per heavy atom. The highest BCUT2D eigenvalue weighted by Gasteiger charge is 2.40. The SMILES string of the molecule is CC(C)OC(=O)c1ccc(NC2=C(Cl)C(=O)N(c3cccc(Cl)c3Cl)C2=O)cc1. The molecule has 1 aliphatic heterocycles. The molecule has 2 aromatic carbocycles. The number of hydrogen-bond acceptors (Lipinski definition) is 5. The molecule has 1 N–H and O–H groups in total. The van der Waals surface area contributed by atoms with Gasteiger partial charge in [-0.2, -0.15) is 0 Å². The number of benzene rings is 2. The van der Waals surface area contributed by atoms with Crippen molar-refractivity contribution in [1.29, 1.82) is 0 Å². The molecular weight excluding hydrogens is 439 g/mol. The Bertz CT molecular complexity index is 1030. The van der Waals surface area contributed by atoms with Crippen molar-refractivity contribution in [1.82, 2.24) is 0 Å². The number of carbonyl (C=O) groups excluding carboxylic acids is 3. The molecule has 150 valence electrons. The summed E-state index contributed by atoms with van der Waals surface area (Å²) in [4.78, 5) is 38.1. The van der Waals surface area contributed by atoms with E-state index in [2.05, 4.69) is 5.32 Å². The average Bonchev–Trinajstić information content (AvgIpc) is 2.88. The van der Waals surface area contributed by atoms with E-state index in [9.17, 15) is 14.4 Å². The number of amides is 2. The molecule has 9 heteroatoms. The fourth-order valence-electron chi connectivity index (χ4n) is 2.61. The lowest BCUT2D eigenvalue weighted by atomic mass is 10.2. The van der Waals surface area contributed by atoms with Crippen molar-refractivity contribution in [2.75, 3.05) is 10.2 Å². The molecule has 2 aromatic rings. The van der Waals surface area contributed by atoms with Crippen LogP contribution in [0.1, 0.15) is 24.2 Å². The van der Waals surface area contributed by atoms with Crippen molar-refractivity contribution in [2.45, 2.75) is 20.0 Å². The molecule has 1 aliphatic rings. The van der Waals surface area contributed by atoms with Crippen LogP contribution in [0.25, 0.3) is 0 Å². The first-order valence-electron chi connectivity index (χ1n) is 8.51. The maximum absolute atomic E-state index is 12.8. The maximum Gasteiger partial charge on any atom is 0.338 e. The summed E-state index contributed by atoms with van der Waals surface area (Å²) in [5.74, 6) is -1.86. The fraction of sp³-hybridized carbons (Fsp3) is 0.150. The summed E-state index contributed by atoms with van der Waals surface area (Å²) < 4.78 is 5.12. The van der Waals surface area contributed by atoms with E-state index in [0.717, 1.165) is 4.90 Å². The molecular formula is C20H15Cl3N2O4. The second kappa shape index (κ2) is 8.45. The Morgan fingerprint density at radius 1 is 1.00 bits per heavy atom. The molecule has 0 spiro atoms. The van der Waals surface area contributed by atoms with Gasteiger partial charge in [-0.05, 0) is 50.2 Å². The van der Waals surface area contributed by atoms with Crippen LogP contribution in [0.4, 0.5) is 11.4 Å². The highest BCUT2D eigenvalue weighted by Crippen LogP contribution is 2.37. The van der Waals surface area contributed by atoms with Crippen molar-refractivity contribution in [2.24, 2.45) is 0 Å². The molecule has 0 atom stereocenters. The van der Waals surface area contributed by atoms with E-state index < -0.39 is 17.8 Å². The van der Waals surface area contributed by atoms with Gasteiger partial charge in [-0.15, -0.1) is 0 Å². The van der Waals surface area contributed by atoms with E-state index in [4.69, 9.17) is 39.5 Å². The van der Waals surface area contributed by atoms with Crippen LogP contribution in [-0.4, -0.2) is 23.9 Å². The third-order valence-corrected chi connectivity index (χ3v) is 5.09. The first-order chi connectivity index (χ1) is 13.7. The lowest BCUT2D eigenvalue weighted by molar-refractivity contribution is -0.120. The largest absolute Gasteiger partial charge is 0.459 e. The van der Waals surface area contributed by atoms with Crippen LogP contribution in [0.15, 0.2) is 53.2 Å². The van der Waals surface area contributed by atoms with Crippen LogP contribution >= 0.6 is 34.8 Å². The zero-order valence-corrected chi connectivity index (χ0v) is 17.6. The van der Waals surface area contributed by atoms with Crippen molar-refractivity contribution in [3.63, 3.8) is 0 Å². The lowest BCUT2D eigenvalue weighted by Gasteiger charge is -2.17. The van der Waals surface area contributed by atoms with E-state index in [1.54, 1.807) is 38.1 Å². The summed E-state index contributed by atoms with van der Waals surface area (Å²) in [6, 6.07) is 10.8. The molecule has 29 heavy (non-hydrogen) atoms. The van der Waals surface area contributed by atoms with Crippen molar-refractivity contribution in [3.05, 3.63) is 68.8 Å². The first kappa shape index (κ1) is 21.2. The molecule has 3 rings (SSSR count). The zero-order valence-electron chi connectivity index (χ0n) is 15.3. The number of ether oxygens (including phenoxy) is 1. The number of hydrogen-bond donors (Lipinski definition) is 1. The minimum absolute atomic E-state index is 0.0644. The van der Waals surface area contributed by atoms with Crippen LogP contribution in [0.2, 0.25) is 10.0 Å². The molecule has 0 bridgehead atoms. The standard InChI is InChI=1S/C20H15Cl3N2O4/c1-10(2)29-20(28)11-6-8-12(9-7-11)24-17-16(23)18(26)25(19(17)27)14-5-3-4-13(21)15(14)22/h3-10,24H,1-2H3. The molecule has 0 saturated carbocycles. The monoisotopic (exact) mass is 452 g/mol. The van der Waals surface area contributed by atoms with Gasteiger partial charge in [-0.3, -0.25) is 9.59 Å². The number of halogens is 3. The third-order valence-electron chi connectivity index (χ3n) is 3.93. The molecule has 1 heterocycles. The number of esters is 1. The first-order valence-corrected chi connectivity index (χ1v) is 9.64. The second-order valence-corrected chi connectivity index (χ2v) is 7.53. The molecule has 0 aromatic heterocycles. The summed E-state index contributed by atoms with van der Waals surface area (Å²) in [5.41, 5.74) is 0.839. The zero-order chi connectivity index (χ0) is 21.3. The number of anilines is 2. The van der Waals surface area contributed by atoms with E-state index in [0.29, 0.717) is 11.3 Å². The smallest absolute Gasteiger partial charge is 0.338 e. The maximum atomic E-state index is 12.8. The molecule has 0 saturated heterocycles. The van der Waals surface area contributed by atoms with E-state index in [1.165, 1.54) is 18.2 Å². The van der Waals surface area contributed by atoms with Gasteiger partial charge in [0.1, 0.15) is 10.7 Å². The molecule has 6 nitrogen and oxygen atoms in total. The predicted molar refractivity (Wildman–Crippen MR) is 112 cm³/mol. The molecule has 0 fully saturated rings. The Balaban J connectivity index is 1.83. The number of nitrogens with zero attached hydrogens (tertiary/aromatic N) is 1. The van der Waals surface area contributed by atoms with Crippen molar-refractivity contribution < 1.29 is 19.1 Å². The van der Waals surface area contributed by atoms with Crippen LogP contribution in [0.5, 0.6) is 0 Å². The minimum atomic E-state index is -0.722. The van der Waals surface area contributed by atoms with Gasteiger partial charge >= 0.3 is 5.97 Å². The second-order valence-electron chi connectivity index (χ2n) is 6.36. The summed E-state index contributed by atoms with van der Waals surface area (Å²) in [6.45, 7) is 3.51. The number of rotatable bonds is 5. The Hall–Kier alpha value is -2.54. The van der Waals surface area contributed by atoms with Crippen LogP contribution in [-0.2, 0) is 14.3 Å². The normalized spacial score (nSPS) is 14.1. The molecule has 0 aliphatic carbocycles. The molecule has 0 unspecified atom stereocenters. The van der Waals surface area contributed by atoms with E-state index in [1.807, 2.05) is 0 Å². The average molecular weight is 454 g/mol. The van der Waals surface area contributed by atoms with Gasteiger partial charge < -0.3 is 10.1 Å². The van der Waals surface area contributed by atoms with Gasteiger partial charge in [0.05, 0.1) is 27.4 Å². The van der Waals surface area contributed by atoms with Gasteiger partial charge in [0, 0.05) is 5.69 Å². The molecule has 0 radical (unpaired) electrons. The van der Waals surface area contributed by atoms with Crippen molar-refractivity contribution >= 4 is 64.0 Å². The van der Waals surface area contributed by atoms with Gasteiger partial charge in [0.2, 0.25) is 0 Å². The van der Waals surface area contributed by atoms with Crippen LogP contribution < -0.4 is 10.2 Å². The quantitative estimate of drug-likeness (QED) is 0.509. The Kier molecular flexibility index (Phi) is 6.17.